The molecule has 0 spiro atoms. The molecule has 1 aromatic rings. The van der Waals surface area contributed by atoms with Crippen LogP contribution in [0.3, 0.4) is 0 Å². The Bertz CT molecular complexity index is 345. The summed E-state index contributed by atoms with van der Waals surface area (Å²) in [6, 6.07) is 3.76. The molecule has 4 heteroatoms. The lowest BCUT2D eigenvalue weighted by molar-refractivity contribution is 0.435. The molecule has 0 unspecified atom stereocenters. The molecule has 0 aliphatic heterocycles. The van der Waals surface area contributed by atoms with Gasteiger partial charge in [-0.25, -0.2) is 4.98 Å². The normalized spacial score (nSPS) is 11.6. The van der Waals surface area contributed by atoms with Crippen molar-refractivity contribution >= 4 is 17.3 Å². The van der Waals surface area contributed by atoms with Gasteiger partial charge in [0.05, 0.1) is 11.4 Å². The molecule has 0 saturated heterocycles. The standard InChI is InChI=1S/C12H20ClN3/c1-9-10(5-6-11(13)16-9)14-7-8-15-12(2,3)4/h5-6,14-15H,7-8H2,1-4H3. The molecule has 0 amide bonds. The van der Waals surface area contributed by atoms with Gasteiger partial charge in [-0.2, -0.15) is 0 Å². The predicted octanol–water partition coefficient (Wildman–Crippen LogP) is 2.84. The maximum absolute atomic E-state index is 5.79. The van der Waals surface area contributed by atoms with E-state index in [2.05, 4.69) is 36.4 Å². The topological polar surface area (TPSA) is 37.0 Å². The highest BCUT2D eigenvalue weighted by Gasteiger charge is 2.07. The average molecular weight is 242 g/mol. The lowest BCUT2D eigenvalue weighted by atomic mass is 10.1. The van der Waals surface area contributed by atoms with E-state index in [4.69, 9.17) is 11.6 Å². The number of aryl methyl sites for hydroxylation is 1. The van der Waals surface area contributed by atoms with Crippen molar-refractivity contribution < 1.29 is 0 Å². The highest BCUT2D eigenvalue weighted by molar-refractivity contribution is 6.29. The SMILES string of the molecule is Cc1nc(Cl)ccc1NCCNC(C)(C)C. The third-order valence-electron chi connectivity index (χ3n) is 2.15. The van der Waals surface area contributed by atoms with Gasteiger partial charge in [0, 0.05) is 18.6 Å². The van der Waals surface area contributed by atoms with Crippen molar-refractivity contribution in [2.75, 3.05) is 18.4 Å². The van der Waals surface area contributed by atoms with Crippen molar-refractivity contribution in [1.82, 2.24) is 10.3 Å². The van der Waals surface area contributed by atoms with E-state index in [0.29, 0.717) is 5.15 Å². The van der Waals surface area contributed by atoms with E-state index in [-0.39, 0.29) is 5.54 Å². The fourth-order valence-corrected chi connectivity index (χ4v) is 1.54. The lowest BCUT2D eigenvalue weighted by Gasteiger charge is -2.20. The van der Waals surface area contributed by atoms with Crippen molar-refractivity contribution in [3.63, 3.8) is 0 Å². The smallest absolute Gasteiger partial charge is 0.129 e. The van der Waals surface area contributed by atoms with Crippen LogP contribution >= 0.6 is 11.6 Å². The van der Waals surface area contributed by atoms with Crippen LogP contribution in [0, 0.1) is 6.92 Å². The Morgan fingerprint density at radius 2 is 1.94 bits per heavy atom. The number of rotatable bonds is 4. The Morgan fingerprint density at radius 1 is 1.25 bits per heavy atom. The number of nitrogens with one attached hydrogen (secondary N) is 2. The molecule has 2 N–H and O–H groups in total. The van der Waals surface area contributed by atoms with Crippen LogP contribution in [0.4, 0.5) is 5.69 Å². The van der Waals surface area contributed by atoms with E-state index in [1.807, 2.05) is 13.0 Å². The lowest BCUT2D eigenvalue weighted by Crippen LogP contribution is -2.38. The van der Waals surface area contributed by atoms with E-state index < -0.39 is 0 Å². The molecule has 1 aromatic heterocycles. The minimum Gasteiger partial charge on any atom is -0.382 e. The number of hydrogen-bond donors (Lipinski definition) is 2. The highest BCUT2D eigenvalue weighted by atomic mass is 35.5. The summed E-state index contributed by atoms with van der Waals surface area (Å²) in [5, 5.41) is 7.28. The second-order valence-electron chi connectivity index (χ2n) is 4.87. The average Bonchev–Trinajstić information content (AvgIpc) is 2.13. The maximum atomic E-state index is 5.79. The van der Waals surface area contributed by atoms with E-state index in [1.165, 1.54) is 0 Å². The molecule has 0 aromatic carbocycles. The summed E-state index contributed by atoms with van der Waals surface area (Å²) in [7, 11) is 0. The zero-order valence-corrected chi connectivity index (χ0v) is 11.2. The van der Waals surface area contributed by atoms with Gasteiger partial charge in [0.2, 0.25) is 0 Å². The molecule has 3 nitrogen and oxygen atoms in total. The van der Waals surface area contributed by atoms with Crippen molar-refractivity contribution in [3.8, 4) is 0 Å². The van der Waals surface area contributed by atoms with E-state index >= 15 is 0 Å². The van der Waals surface area contributed by atoms with Crippen molar-refractivity contribution in [1.29, 1.82) is 0 Å². The van der Waals surface area contributed by atoms with Crippen molar-refractivity contribution in [2.45, 2.75) is 33.2 Å². The largest absolute Gasteiger partial charge is 0.382 e. The number of halogens is 1. The first-order chi connectivity index (χ1) is 7.38. The summed E-state index contributed by atoms with van der Waals surface area (Å²) in [5.41, 5.74) is 2.14. The maximum Gasteiger partial charge on any atom is 0.129 e. The third-order valence-corrected chi connectivity index (χ3v) is 2.36. The molecular formula is C12H20ClN3. The number of pyridine rings is 1. The summed E-state index contributed by atoms with van der Waals surface area (Å²) in [5.74, 6) is 0. The van der Waals surface area contributed by atoms with Gasteiger partial charge in [0.15, 0.2) is 0 Å². The second kappa shape index (κ2) is 5.51. The molecule has 90 valence electrons. The fourth-order valence-electron chi connectivity index (χ4n) is 1.35. The van der Waals surface area contributed by atoms with E-state index in [9.17, 15) is 0 Å². The Hall–Kier alpha value is -0.800. The summed E-state index contributed by atoms with van der Waals surface area (Å²) in [6.07, 6.45) is 0. The van der Waals surface area contributed by atoms with Crippen molar-refractivity contribution in [2.24, 2.45) is 0 Å². The van der Waals surface area contributed by atoms with Gasteiger partial charge in [0.1, 0.15) is 5.15 Å². The number of nitrogens with zero attached hydrogens (tertiary/aromatic N) is 1. The molecular weight excluding hydrogens is 222 g/mol. The summed E-state index contributed by atoms with van der Waals surface area (Å²) in [4.78, 5) is 4.18. The Kier molecular flexibility index (Phi) is 4.56. The Balaban J connectivity index is 2.38. The number of anilines is 1. The van der Waals surface area contributed by atoms with Gasteiger partial charge in [-0.05, 0) is 39.8 Å². The second-order valence-corrected chi connectivity index (χ2v) is 5.26. The molecule has 0 aliphatic rings. The van der Waals surface area contributed by atoms with Crippen LogP contribution < -0.4 is 10.6 Å². The molecule has 0 atom stereocenters. The Labute approximate surface area is 103 Å². The van der Waals surface area contributed by atoms with Gasteiger partial charge < -0.3 is 10.6 Å². The minimum atomic E-state index is 0.162. The van der Waals surface area contributed by atoms with Gasteiger partial charge in [0.25, 0.3) is 0 Å². The fraction of sp³-hybridized carbons (Fsp3) is 0.583. The Morgan fingerprint density at radius 3 is 2.50 bits per heavy atom. The molecule has 1 heterocycles. The molecule has 16 heavy (non-hydrogen) atoms. The highest BCUT2D eigenvalue weighted by Crippen LogP contribution is 2.15. The summed E-state index contributed by atoms with van der Waals surface area (Å²) < 4.78 is 0. The third kappa shape index (κ3) is 4.81. The van der Waals surface area contributed by atoms with E-state index in [1.54, 1.807) is 6.07 Å². The van der Waals surface area contributed by atoms with Crippen LogP contribution in [0.5, 0.6) is 0 Å². The first-order valence-electron chi connectivity index (χ1n) is 5.50. The number of aromatic nitrogens is 1. The zero-order chi connectivity index (χ0) is 12.2. The van der Waals surface area contributed by atoms with Gasteiger partial charge in [-0.3, -0.25) is 0 Å². The van der Waals surface area contributed by atoms with Gasteiger partial charge >= 0.3 is 0 Å². The first-order valence-corrected chi connectivity index (χ1v) is 5.88. The van der Waals surface area contributed by atoms with Crippen LogP contribution in [-0.4, -0.2) is 23.6 Å². The molecule has 0 radical (unpaired) electrons. The zero-order valence-electron chi connectivity index (χ0n) is 10.4. The van der Waals surface area contributed by atoms with Crippen LogP contribution in [-0.2, 0) is 0 Å². The van der Waals surface area contributed by atoms with Gasteiger partial charge in [-0.1, -0.05) is 11.6 Å². The van der Waals surface area contributed by atoms with Crippen LogP contribution in [0.15, 0.2) is 12.1 Å². The van der Waals surface area contributed by atoms with Gasteiger partial charge in [-0.15, -0.1) is 0 Å². The molecule has 1 rings (SSSR count). The monoisotopic (exact) mass is 241 g/mol. The van der Waals surface area contributed by atoms with Crippen LogP contribution in [0.1, 0.15) is 26.5 Å². The molecule has 0 saturated carbocycles. The molecule has 0 bridgehead atoms. The minimum absolute atomic E-state index is 0.162. The molecule has 0 fully saturated rings. The van der Waals surface area contributed by atoms with Crippen LogP contribution in [0.2, 0.25) is 5.15 Å². The van der Waals surface area contributed by atoms with Crippen molar-refractivity contribution in [3.05, 3.63) is 23.0 Å². The van der Waals surface area contributed by atoms with E-state index in [0.717, 1.165) is 24.5 Å². The summed E-state index contributed by atoms with van der Waals surface area (Å²) >= 11 is 5.79. The predicted molar refractivity (Wildman–Crippen MR) is 70.2 cm³/mol. The first kappa shape index (κ1) is 13.3. The number of hydrogen-bond acceptors (Lipinski definition) is 3. The quantitative estimate of drug-likeness (QED) is 0.629. The van der Waals surface area contributed by atoms with Crippen LogP contribution in [0.25, 0.3) is 0 Å². The molecule has 0 aliphatic carbocycles. The summed E-state index contributed by atoms with van der Waals surface area (Å²) in [6.45, 7) is 10.2.